The van der Waals surface area contributed by atoms with Gasteiger partial charge in [0.05, 0.1) is 10.2 Å². The van der Waals surface area contributed by atoms with Gasteiger partial charge in [0.15, 0.2) is 5.75 Å². The van der Waals surface area contributed by atoms with Gasteiger partial charge in [-0.2, -0.15) is 0 Å². The summed E-state index contributed by atoms with van der Waals surface area (Å²) in [5, 5.41) is 0. The van der Waals surface area contributed by atoms with Crippen molar-refractivity contribution >= 4 is 21.6 Å². The topological polar surface area (TPSA) is 35.2 Å². The van der Waals surface area contributed by atoms with Crippen LogP contribution in [-0.4, -0.2) is 0 Å². The molecular formula is C15H15BrFNO. The van der Waals surface area contributed by atoms with Gasteiger partial charge < -0.3 is 10.5 Å². The van der Waals surface area contributed by atoms with Gasteiger partial charge in [0, 0.05) is 12.1 Å². The van der Waals surface area contributed by atoms with Crippen LogP contribution in [0.25, 0.3) is 0 Å². The van der Waals surface area contributed by atoms with E-state index >= 15 is 0 Å². The lowest BCUT2D eigenvalue weighted by Gasteiger charge is -2.15. The SMILES string of the molecule is CC(C)c1ccccc1Oc1cc(Br)c(F)cc1N. The Bertz CT molecular complexity index is 599. The van der Waals surface area contributed by atoms with E-state index in [-0.39, 0.29) is 5.69 Å². The number of anilines is 1. The maximum Gasteiger partial charge on any atom is 0.151 e. The lowest BCUT2D eigenvalue weighted by atomic mass is 10.0. The molecule has 0 aliphatic heterocycles. The lowest BCUT2D eigenvalue weighted by molar-refractivity contribution is 0.473. The Hall–Kier alpha value is -1.55. The molecule has 2 aromatic rings. The Balaban J connectivity index is 2.39. The van der Waals surface area contributed by atoms with Crippen LogP contribution in [0.1, 0.15) is 25.3 Å². The maximum atomic E-state index is 13.3. The molecule has 0 saturated carbocycles. The normalized spacial score (nSPS) is 10.8. The monoisotopic (exact) mass is 323 g/mol. The molecule has 2 rings (SSSR count). The molecule has 0 atom stereocenters. The Morgan fingerprint density at radius 2 is 1.84 bits per heavy atom. The van der Waals surface area contributed by atoms with E-state index in [9.17, 15) is 4.39 Å². The van der Waals surface area contributed by atoms with Crippen molar-refractivity contribution in [3.05, 3.63) is 52.3 Å². The van der Waals surface area contributed by atoms with Crippen LogP contribution in [0, 0.1) is 5.82 Å². The second-order valence-electron chi connectivity index (χ2n) is 4.60. The average Bonchev–Trinajstić information content (AvgIpc) is 2.36. The molecule has 0 heterocycles. The zero-order valence-electron chi connectivity index (χ0n) is 10.8. The zero-order chi connectivity index (χ0) is 14.0. The Morgan fingerprint density at radius 3 is 2.53 bits per heavy atom. The number of hydrogen-bond donors (Lipinski definition) is 1. The first kappa shape index (κ1) is 13.9. The molecule has 0 saturated heterocycles. The van der Waals surface area contributed by atoms with Gasteiger partial charge in [0.2, 0.25) is 0 Å². The number of ether oxygens (including phenoxy) is 1. The molecule has 0 fully saturated rings. The summed E-state index contributed by atoms with van der Waals surface area (Å²) in [6.07, 6.45) is 0. The first-order valence-corrected chi connectivity index (χ1v) is 6.79. The van der Waals surface area contributed by atoms with Gasteiger partial charge in [-0.25, -0.2) is 4.39 Å². The maximum absolute atomic E-state index is 13.3. The lowest BCUT2D eigenvalue weighted by Crippen LogP contribution is -1.97. The van der Waals surface area contributed by atoms with E-state index < -0.39 is 5.82 Å². The highest BCUT2D eigenvalue weighted by Crippen LogP contribution is 2.35. The summed E-state index contributed by atoms with van der Waals surface area (Å²) in [5.74, 6) is 1.12. The summed E-state index contributed by atoms with van der Waals surface area (Å²) in [6, 6.07) is 10.5. The van der Waals surface area contributed by atoms with Crippen molar-refractivity contribution in [1.82, 2.24) is 0 Å². The first-order valence-electron chi connectivity index (χ1n) is 6.00. The summed E-state index contributed by atoms with van der Waals surface area (Å²) >= 11 is 3.13. The summed E-state index contributed by atoms with van der Waals surface area (Å²) in [4.78, 5) is 0. The number of hydrogen-bond acceptors (Lipinski definition) is 2. The standard InChI is InChI=1S/C15H15BrFNO/c1-9(2)10-5-3-4-6-14(10)19-15-7-11(16)12(17)8-13(15)18/h3-9H,18H2,1-2H3. The van der Waals surface area contributed by atoms with Crippen LogP contribution in [0.4, 0.5) is 10.1 Å². The van der Waals surface area contributed by atoms with E-state index in [2.05, 4.69) is 29.8 Å². The smallest absolute Gasteiger partial charge is 0.151 e. The molecule has 0 aromatic heterocycles. The van der Waals surface area contributed by atoms with Crippen LogP contribution in [0.2, 0.25) is 0 Å². The minimum absolute atomic E-state index is 0.277. The summed E-state index contributed by atoms with van der Waals surface area (Å²) in [5.41, 5.74) is 7.14. The van der Waals surface area contributed by atoms with Gasteiger partial charge in [0.25, 0.3) is 0 Å². The van der Waals surface area contributed by atoms with Gasteiger partial charge in [-0.1, -0.05) is 32.0 Å². The molecule has 0 aliphatic carbocycles. The first-order chi connectivity index (χ1) is 8.99. The van der Waals surface area contributed by atoms with Gasteiger partial charge in [-0.15, -0.1) is 0 Å². The summed E-state index contributed by atoms with van der Waals surface area (Å²) in [7, 11) is 0. The van der Waals surface area contributed by atoms with Crippen molar-refractivity contribution < 1.29 is 9.13 Å². The number of halogens is 2. The van der Waals surface area contributed by atoms with Crippen LogP contribution < -0.4 is 10.5 Å². The van der Waals surface area contributed by atoms with E-state index in [0.717, 1.165) is 11.3 Å². The minimum atomic E-state index is -0.401. The molecule has 0 aliphatic rings. The van der Waals surface area contributed by atoms with Crippen molar-refractivity contribution in [2.24, 2.45) is 0 Å². The van der Waals surface area contributed by atoms with Crippen molar-refractivity contribution in [3.63, 3.8) is 0 Å². The number of nitrogens with two attached hydrogens (primary N) is 1. The summed E-state index contributed by atoms with van der Waals surface area (Å²) in [6.45, 7) is 4.18. The molecule has 2 aromatic carbocycles. The van der Waals surface area contributed by atoms with Crippen molar-refractivity contribution in [3.8, 4) is 11.5 Å². The molecular weight excluding hydrogens is 309 g/mol. The highest BCUT2D eigenvalue weighted by Gasteiger charge is 2.11. The van der Waals surface area contributed by atoms with E-state index in [4.69, 9.17) is 10.5 Å². The van der Waals surface area contributed by atoms with Crippen LogP contribution >= 0.6 is 15.9 Å². The molecule has 19 heavy (non-hydrogen) atoms. The molecule has 2 N–H and O–H groups in total. The molecule has 100 valence electrons. The quantitative estimate of drug-likeness (QED) is 0.799. The van der Waals surface area contributed by atoms with E-state index in [1.807, 2.05) is 24.3 Å². The second-order valence-corrected chi connectivity index (χ2v) is 5.45. The fraction of sp³-hybridized carbons (Fsp3) is 0.200. The third-order valence-electron chi connectivity index (χ3n) is 2.81. The van der Waals surface area contributed by atoms with Gasteiger partial charge in [-0.05, 0) is 33.5 Å². The fourth-order valence-electron chi connectivity index (χ4n) is 1.80. The number of rotatable bonds is 3. The molecule has 0 amide bonds. The molecule has 2 nitrogen and oxygen atoms in total. The van der Waals surface area contributed by atoms with Gasteiger partial charge in [-0.3, -0.25) is 0 Å². The van der Waals surface area contributed by atoms with Crippen LogP contribution in [0.3, 0.4) is 0 Å². The fourth-order valence-corrected chi connectivity index (χ4v) is 2.12. The highest BCUT2D eigenvalue weighted by molar-refractivity contribution is 9.10. The van der Waals surface area contributed by atoms with Crippen LogP contribution in [0.15, 0.2) is 40.9 Å². The van der Waals surface area contributed by atoms with E-state index in [1.54, 1.807) is 6.07 Å². The highest BCUT2D eigenvalue weighted by atomic mass is 79.9. The number of para-hydroxylation sites is 1. The number of nitrogen functional groups attached to an aromatic ring is 1. The average molecular weight is 324 g/mol. The Morgan fingerprint density at radius 1 is 1.16 bits per heavy atom. The molecule has 0 bridgehead atoms. The van der Waals surface area contributed by atoms with Crippen LogP contribution in [0.5, 0.6) is 11.5 Å². The second kappa shape index (κ2) is 5.61. The predicted molar refractivity (Wildman–Crippen MR) is 79.1 cm³/mol. The largest absolute Gasteiger partial charge is 0.455 e. The summed E-state index contributed by atoms with van der Waals surface area (Å²) < 4.78 is 19.5. The number of benzene rings is 2. The third kappa shape index (κ3) is 3.07. The minimum Gasteiger partial charge on any atom is -0.455 e. The van der Waals surface area contributed by atoms with Crippen molar-refractivity contribution in [1.29, 1.82) is 0 Å². The molecule has 0 radical (unpaired) electrons. The molecule has 4 heteroatoms. The Labute approximate surface area is 120 Å². The predicted octanol–water partition coefficient (Wildman–Crippen LogP) is 5.09. The molecule has 0 unspecified atom stereocenters. The Kier molecular flexibility index (Phi) is 4.10. The van der Waals surface area contributed by atoms with Crippen molar-refractivity contribution in [2.45, 2.75) is 19.8 Å². The van der Waals surface area contributed by atoms with Crippen LogP contribution in [-0.2, 0) is 0 Å². The van der Waals surface area contributed by atoms with Crippen molar-refractivity contribution in [2.75, 3.05) is 5.73 Å². The van der Waals surface area contributed by atoms with Gasteiger partial charge >= 0.3 is 0 Å². The van der Waals surface area contributed by atoms with E-state index in [0.29, 0.717) is 16.1 Å². The zero-order valence-corrected chi connectivity index (χ0v) is 12.4. The van der Waals surface area contributed by atoms with Gasteiger partial charge in [0.1, 0.15) is 11.6 Å². The molecule has 0 spiro atoms. The third-order valence-corrected chi connectivity index (χ3v) is 3.42. The van der Waals surface area contributed by atoms with E-state index in [1.165, 1.54) is 6.07 Å².